The average Bonchev–Trinajstić information content (AvgIpc) is 2.34. The largest absolute Gasteiger partial charge is 0.382 e. The molecule has 10 heavy (non-hydrogen) atoms. The van der Waals surface area contributed by atoms with E-state index in [9.17, 15) is 0 Å². The molecular weight excluding hydrogens is 148 g/mol. The second-order valence-corrected chi connectivity index (χ2v) is 2.56. The molecule has 0 aliphatic heterocycles. The van der Waals surface area contributed by atoms with Gasteiger partial charge in [-0.1, -0.05) is 0 Å². The summed E-state index contributed by atoms with van der Waals surface area (Å²) < 4.78 is 0. The Bertz CT molecular complexity index is 242. The normalized spacial score (nSPS) is 9.30. The van der Waals surface area contributed by atoms with E-state index in [1.807, 2.05) is 0 Å². The lowest BCUT2D eigenvalue weighted by Crippen LogP contribution is -2.11. The summed E-state index contributed by atoms with van der Waals surface area (Å²) in [5.74, 6) is 0.0118. The number of nitrogens with two attached hydrogens (primary N) is 1. The summed E-state index contributed by atoms with van der Waals surface area (Å²) in [7, 11) is 1.78. The molecule has 1 heterocycles. The molecule has 0 saturated carbocycles. The third-order valence-electron chi connectivity index (χ3n) is 0.994. The van der Waals surface area contributed by atoms with E-state index in [1.165, 1.54) is 11.3 Å². The van der Waals surface area contributed by atoms with E-state index >= 15 is 0 Å². The topological polar surface area (TPSA) is 74.8 Å². The Hall–Kier alpha value is -1.10. The number of thiazole rings is 1. The summed E-state index contributed by atoms with van der Waals surface area (Å²) in [5, 5.41) is 12.4. The second kappa shape index (κ2) is 2.66. The van der Waals surface area contributed by atoms with Crippen molar-refractivity contribution in [2.24, 2.45) is 5.73 Å². The molecule has 1 aromatic heterocycles. The minimum Gasteiger partial charge on any atom is -0.382 e. The van der Waals surface area contributed by atoms with Crippen molar-refractivity contribution in [1.29, 1.82) is 5.41 Å². The maximum atomic E-state index is 7.02. The number of hydrogen-bond acceptors (Lipinski definition) is 4. The number of anilines is 1. The minimum absolute atomic E-state index is 0.0118. The van der Waals surface area contributed by atoms with Gasteiger partial charge >= 0.3 is 0 Å². The zero-order chi connectivity index (χ0) is 7.56. The summed E-state index contributed by atoms with van der Waals surface area (Å²) in [4.78, 5) is 3.99. The van der Waals surface area contributed by atoms with Gasteiger partial charge in [-0.2, -0.15) is 0 Å². The SMILES string of the molecule is CNc1nc(C(=N)N)cs1. The number of nitrogen functional groups attached to an aromatic ring is 1. The summed E-state index contributed by atoms with van der Waals surface area (Å²) in [6.07, 6.45) is 0. The highest BCUT2D eigenvalue weighted by atomic mass is 32.1. The van der Waals surface area contributed by atoms with Crippen LogP contribution in [0.25, 0.3) is 0 Å². The predicted octanol–water partition coefficient (Wildman–Crippen LogP) is 0.469. The molecule has 0 spiro atoms. The van der Waals surface area contributed by atoms with E-state index in [1.54, 1.807) is 12.4 Å². The molecule has 0 aliphatic rings. The highest BCUT2D eigenvalue weighted by Gasteiger charge is 2.00. The van der Waals surface area contributed by atoms with Crippen LogP contribution >= 0.6 is 11.3 Å². The molecule has 0 fully saturated rings. The lowest BCUT2D eigenvalue weighted by atomic mass is 10.5. The van der Waals surface area contributed by atoms with Gasteiger partial charge in [-0.15, -0.1) is 11.3 Å². The Morgan fingerprint density at radius 3 is 2.90 bits per heavy atom. The number of rotatable bonds is 2. The molecule has 0 radical (unpaired) electrons. The number of amidine groups is 1. The zero-order valence-electron chi connectivity index (χ0n) is 5.51. The van der Waals surface area contributed by atoms with E-state index in [-0.39, 0.29) is 5.84 Å². The van der Waals surface area contributed by atoms with Crippen LogP contribution in [0.15, 0.2) is 5.38 Å². The summed E-state index contributed by atoms with van der Waals surface area (Å²) in [5.41, 5.74) is 5.72. The Morgan fingerprint density at radius 2 is 2.60 bits per heavy atom. The van der Waals surface area contributed by atoms with Crippen molar-refractivity contribution in [3.63, 3.8) is 0 Å². The Morgan fingerprint density at radius 1 is 1.90 bits per heavy atom. The van der Waals surface area contributed by atoms with Crippen LogP contribution in [0.1, 0.15) is 5.69 Å². The number of aromatic nitrogens is 1. The van der Waals surface area contributed by atoms with Crippen molar-refractivity contribution in [1.82, 2.24) is 4.98 Å². The number of hydrogen-bond donors (Lipinski definition) is 3. The molecule has 0 bridgehead atoms. The average molecular weight is 156 g/mol. The lowest BCUT2D eigenvalue weighted by molar-refractivity contribution is 1.30. The van der Waals surface area contributed by atoms with Gasteiger partial charge in [0.25, 0.3) is 0 Å². The van der Waals surface area contributed by atoms with Gasteiger partial charge in [0, 0.05) is 12.4 Å². The van der Waals surface area contributed by atoms with Gasteiger partial charge in [0.2, 0.25) is 0 Å². The fourth-order valence-corrected chi connectivity index (χ4v) is 1.18. The minimum atomic E-state index is 0.0118. The first-order chi connectivity index (χ1) is 4.74. The maximum Gasteiger partial charge on any atom is 0.183 e. The fraction of sp³-hybridized carbons (Fsp3) is 0.200. The number of nitrogens with zero attached hydrogens (tertiary/aromatic N) is 1. The Balaban J connectivity index is 2.88. The molecule has 0 atom stereocenters. The molecule has 0 aromatic carbocycles. The van der Waals surface area contributed by atoms with Crippen LogP contribution in [0, 0.1) is 5.41 Å². The summed E-state index contributed by atoms with van der Waals surface area (Å²) in [6, 6.07) is 0. The van der Waals surface area contributed by atoms with Crippen molar-refractivity contribution in [3.05, 3.63) is 11.1 Å². The third-order valence-corrected chi connectivity index (χ3v) is 1.85. The quantitative estimate of drug-likeness (QED) is 0.430. The van der Waals surface area contributed by atoms with Gasteiger partial charge in [-0.25, -0.2) is 4.98 Å². The van der Waals surface area contributed by atoms with Crippen LogP contribution in [0.4, 0.5) is 5.13 Å². The first-order valence-corrected chi connectivity index (χ1v) is 3.59. The molecule has 0 amide bonds. The maximum absolute atomic E-state index is 7.02. The van der Waals surface area contributed by atoms with E-state index < -0.39 is 0 Å². The predicted molar refractivity (Wildman–Crippen MR) is 42.7 cm³/mol. The van der Waals surface area contributed by atoms with Gasteiger partial charge in [0.15, 0.2) is 5.13 Å². The van der Waals surface area contributed by atoms with Crippen molar-refractivity contribution in [2.75, 3.05) is 12.4 Å². The second-order valence-electron chi connectivity index (χ2n) is 1.70. The highest BCUT2D eigenvalue weighted by Crippen LogP contribution is 2.13. The first kappa shape index (κ1) is 7.01. The van der Waals surface area contributed by atoms with Crippen LogP contribution in [-0.4, -0.2) is 17.9 Å². The molecule has 0 unspecified atom stereocenters. The molecule has 1 aromatic rings. The zero-order valence-corrected chi connectivity index (χ0v) is 6.33. The van der Waals surface area contributed by atoms with Crippen molar-refractivity contribution in [3.8, 4) is 0 Å². The third kappa shape index (κ3) is 1.24. The van der Waals surface area contributed by atoms with Crippen LogP contribution in [0.5, 0.6) is 0 Å². The van der Waals surface area contributed by atoms with Crippen molar-refractivity contribution in [2.45, 2.75) is 0 Å². The monoisotopic (exact) mass is 156 g/mol. The molecule has 0 saturated heterocycles. The standard InChI is InChI=1S/C5H8N4S/c1-8-5-9-3(2-10-5)4(6)7/h2H,1H3,(H3,6,7)(H,8,9). The molecule has 54 valence electrons. The van der Waals surface area contributed by atoms with Crippen LogP contribution in [0.2, 0.25) is 0 Å². The van der Waals surface area contributed by atoms with Crippen LogP contribution in [-0.2, 0) is 0 Å². The molecule has 4 N–H and O–H groups in total. The van der Waals surface area contributed by atoms with Gasteiger partial charge < -0.3 is 11.1 Å². The van der Waals surface area contributed by atoms with Crippen LogP contribution < -0.4 is 11.1 Å². The molecule has 4 nitrogen and oxygen atoms in total. The number of nitrogens with one attached hydrogen (secondary N) is 2. The van der Waals surface area contributed by atoms with Crippen molar-refractivity contribution < 1.29 is 0 Å². The molecule has 1 rings (SSSR count). The van der Waals surface area contributed by atoms with E-state index in [0.29, 0.717) is 5.69 Å². The molecule has 5 heteroatoms. The van der Waals surface area contributed by atoms with Gasteiger partial charge in [-0.3, -0.25) is 5.41 Å². The molecule has 0 aliphatic carbocycles. The first-order valence-electron chi connectivity index (χ1n) is 2.71. The van der Waals surface area contributed by atoms with E-state index in [4.69, 9.17) is 11.1 Å². The molecular formula is C5H8N4S. The van der Waals surface area contributed by atoms with Crippen LogP contribution in [0.3, 0.4) is 0 Å². The fourth-order valence-electron chi connectivity index (χ4n) is 0.512. The van der Waals surface area contributed by atoms with Gasteiger partial charge in [-0.05, 0) is 0 Å². The van der Waals surface area contributed by atoms with Gasteiger partial charge in [0.05, 0.1) is 0 Å². The summed E-state index contributed by atoms with van der Waals surface area (Å²) in [6.45, 7) is 0. The van der Waals surface area contributed by atoms with Crippen molar-refractivity contribution >= 4 is 22.3 Å². The highest BCUT2D eigenvalue weighted by molar-refractivity contribution is 7.13. The lowest BCUT2D eigenvalue weighted by Gasteiger charge is -1.88. The smallest absolute Gasteiger partial charge is 0.183 e. The van der Waals surface area contributed by atoms with Gasteiger partial charge in [0.1, 0.15) is 11.5 Å². The Labute approximate surface area is 62.6 Å². The van der Waals surface area contributed by atoms with E-state index in [2.05, 4.69) is 10.3 Å². The Kier molecular flexibility index (Phi) is 1.86. The van der Waals surface area contributed by atoms with E-state index in [0.717, 1.165) is 5.13 Å². The summed E-state index contributed by atoms with van der Waals surface area (Å²) >= 11 is 1.43.